The third kappa shape index (κ3) is 3.37. The van der Waals surface area contributed by atoms with Gasteiger partial charge >= 0.3 is 0 Å². The third-order valence-corrected chi connectivity index (χ3v) is 4.14. The molecule has 2 N–H and O–H groups in total. The van der Waals surface area contributed by atoms with Crippen LogP contribution in [-0.4, -0.2) is 30.3 Å². The smallest absolute Gasteiger partial charge is 0.251 e. The van der Waals surface area contributed by atoms with E-state index in [0.29, 0.717) is 11.3 Å². The van der Waals surface area contributed by atoms with Crippen LogP contribution in [0.25, 0.3) is 0 Å². The molecule has 0 aliphatic heterocycles. The van der Waals surface area contributed by atoms with Crippen molar-refractivity contribution in [2.24, 2.45) is 0 Å². The second kappa shape index (κ2) is 6.20. The standard InChI is InChI=1S/C14H17Cl2NO3/c1-20-12-10(15)6-9(7-11(12)16)13(18)17-8-14(19)4-2-3-5-14/h6-7,19H,2-5,8H2,1H3,(H,17,18). The van der Waals surface area contributed by atoms with Crippen LogP contribution in [0.4, 0.5) is 0 Å². The van der Waals surface area contributed by atoms with Gasteiger partial charge in [0.05, 0.1) is 22.8 Å². The highest BCUT2D eigenvalue weighted by molar-refractivity contribution is 6.37. The van der Waals surface area contributed by atoms with Crippen LogP contribution in [0.3, 0.4) is 0 Å². The fourth-order valence-corrected chi connectivity index (χ4v) is 3.08. The average Bonchev–Trinajstić information content (AvgIpc) is 2.83. The van der Waals surface area contributed by atoms with Crippen LogP contribution in [0.15, 0.2) is 12.1 Å². The molecule has 0 radical (unpaired) electrons. The lowest BCUT2D eigenvalue weighted by molar-refractivity contribution is 0.0449. The molecule has 1 aliphatic rings. The highest BCUT2D eigenvalue weighted by Gasteiger charge is 2.31. The van der Waals surface area contributed by atoms with Crippen LogP contribution >= 0.6 is 23.2 Å². The summed E-state index contributed by atoms with van der Waals surface area (Å²) < 4.78 is 5.03. The van der Waals surface area contributed by atoms with Gasteiger partial charge in [-0.15, -0.1) is 0 Å². The fraction of sp³-hybridized carbons (Fsp3) is 0.500. The molecule has 1 fully saturated rings. The lowest BCUT2D eigenvalue weighted by atomic mass is 10.0. The highest BCUT2D eigenvalue weighted by atomic mass is 35.5. The fourth-order valence-electron chi connectivity index (χ4n) is 2.44. The van der Waals surface area contributed by atoms with Crippen LogP contribution in [-0.2, 0) is 0 Å². The number of benzene rings is 1. The Morgan fingerprint density at radius 2 is 1.90 bits per heavy atom. The molecule has 0 spiro atoms. The Morgan fingerprint density at radius 1 is 1.35 bits per heavy atom. The van der Waals surface area contributed by atoms with Crippen LogP contribution in [0.1, 0.15) is 36.0 Å². The Labute approximate surface area is 128 Å². The van der Waals surface area contributed by atoms with Crippen molar-refractivity contribution >= 4 is 29.1 Å². The van der Waals surface area contributed by atoms with Crippen LogP contribution in [0.2, 0.25) is 10.0 Å². The van der Waals surface area contributed by atoms with E-state index in [-0.39, 0.29) is 22.5 Å². The van der Waals surface area contributed by atoms with Gasteiger partial charge in [0.2, 0.25) is 0 Å². The minimum absolute atomic E-state index is 0.243. The normalized spacial score (nSPS) is 17.0. The molecule has 1 aromatic rings. The Bertz CT molecular complexity index is 490. The Balaban J connectivity index is 2.06. The summed E-state index contributed by atoms with van der Waals surface area (Å²) in [6.45, 7) is 0.243. The number of methoxy groups -OCH3 is 1. The van der Waals surface area contributed by atoms with E-state index in [1.165, 1.54) is 19.2 Å². The predicted octanol–water partition coefficient (Wildman–Crippen LogP) is 3.04. The van der Waals surface area contributed by atoms with Crippen molar-refractivity contribution in [2.75, 3.05) is 13.7 Å². The summed E-state index contributed by atoms with van der Waals surface area (Å²) in [4.78, 5) is 12.1. The monoisotopic (exact) mass is 317 g/mol. The van der Waals surface area contributed by atoms with Crippen molar-refractivity contribution < 1.29 is 14.6 Å². The molecule has 0 bridgehead atoms. The van der Waals surface area contributed by atoms with Gasteiger partial charge in [0.25, 0.3) is 5.91 Å². The van der Waals surface area contributed by atoms with E-state index in [9.17, 15) is 9.90 Å². The highest BCUT2D eigenvalue weighted by Crippen LogP contribution is 2.34. The number of aliphatic hydroxyl groups is 1. The van der Waals surface area contributed by atoms with Gasteiger partial charge in [0.15, 0.2) is 5.75 Å². The van der Waals surface area contributed by atoms with Crippen molar-refractivity contribution in [1.82, 2.24) is 5.32 Å². The first-order chi connectivity index (χ1) is 9.45. The molecular weight excluding hydrogens is 301 g/mol. The van der Waals surface area contributed by atoms with E-state index in [2.05, 4.69) is 5.32 Å². The zero-order valence-electron chi connectivity index (χ0n) is 11.2. The molecule has 0 heterocycles. The topological polar surface area (TPSA) is 58.6 Å². The van der Waals surface area contributed by atoms with Gasteiger partial charge < -0.3 is 15.2 Å². The van der Waals surface area contributed by atoms with Crippen molar-refractivity contribution in [3.8, 4) is 5.75 Å². The lowest BCUT2D eigenvalue weighted by Crippen LogP contribution is -2.40. The van der Waals surface area contributed by atoms with E-state index >= 15 is 0 Å². The molecule has 20 heavy (non-hydrogen) atoms. The van der Waals surface area contributed by atoms with E-state index < -0.39 is 5.60 Å². The number of halogens is 2. The van der Waals surface area contributed by atoms with Crippen molar-refractivity contribution in [2.45, 2.75) is 31.3 Å². The molecule has 4 nitrogen and oxygen atoms in total. The Hall–Kier alpha value is -0.970. The second-order valence-electron chi connectivity index (χ2n) is 5.09. The SMILES string of the molecule is COc1c(Cl)cc(C(=O)NCC2(O)CCCC2)cc1Cl. The minimum Gasteiger partial charge on any atom is -0.494 e. The summed E-state index contributed by atoms with van der Waals surface area (Å²) in [5, 5.41) is 13.5. The lowest BCUT2D eigenvalue weighted by Gasteiger charge is -2.22. The van der Waals surface area contributed by atoms with Crippen LogP contribution in [0.5, 0.6) is 5.75 Å². The second-order valence-corrected chi connectivity index (χ2v) is 5.90. The molecule has 1 amide bonds. The first kappa shape index (κ1) is 15.4. The minimum atomic E-state index is -0.782. The van der Waals surface area contributed by atoms with Gasteiger partial charge in [-0.25, -0.2) is 0 Å². The van der Waals surface area contributed by atoms with Gasteiger partial charge in [-0.3, -0.25) is 4.79 Å². The summed E-state index contributed by atoms with van der Waals surface area (Å²) in [5.41, 5.74) is -0.433. The molecule has 1 saturated carbocycles. The van der Waals surface area contributed by atoms with Gasteiger partial charge in [-0.1, -0.05) is 36.0 Å². The zero-order chi connectivity index (χ0) is 14.8. The molecular formula is C14H17Cl2NO3. The van der Waals surface area contributed by atoms with Gasteiger partial charge in [0, 0.05) is 12.1 Å². The first-order valence-corrected chi connectivity index (χ1v) is 7.24. The van der Waals surface area contributed by atoms with Crippen LogP contribution in [0, 0.1) is 0 Å². The number of carbonyl (C=O) groups excluding carboxylic acids is 1. The number of carbonyl (C=O) groups is 1. The summed E-state index contributed by atoms with van der Waals surface area (Å²) in [5.74, 6) is 0.0380. The van der Waals surface area contributed by atoms with Gasteiger partial charge in [0.1, 0.15) is 0 Å². The number of nitrogens with one attached hydrogen (secondary N) is 1. The van der Waals surface area contributed by atoms with E-state index in [4.69, 9.17) is 27.9 Å². The Kier molecular flexibility index (Phi) is 4.78. The number of ether oxygens (including phenoxy) is 1. The maximum absolute atomic E-state index is 12.1. The van der Waals surface area contributed by atoms with Crippen molar-refractivity contribution in [3.63, 3.8) is 0 Å². The first-order valence-electron chi connectivity index (χ1n) is 6.49. The zero-order valence-corrected chi connectivity index (χ0v) is 12.7. The summed E-state index contributed by atoms with van der Waals surface area (Å²) >= 11 is 12.0. The molecule has 1 aliphatic carbocycles. The molecule has 1 aromatic carbocycles. The summed E-state index contributed by atoms with van der Waals surface area (Å²) in [6.07, 6.45) is 3.42. The predicted molar refractivity (Wildman–Crippen MR) is 78.8 cm³/mol. The quantitative estimate of drug-likeness (QED) is 0.897. The third-order valence-electron chi connectivity index (χ3n) is 3.58. The molecule has 0 atom stereocenters. The van der Waals surface area contributed by atoms with Crippen molar-refractivity contribution in [1.29, 1.82) is 0 Å². The average molecular weight is 318 g/mol. The summed E-state index contributed by atoms with van der Waals surface area (Å²) in [6, 6.07) is 3.00. The van der Waals surface area contributed by atoms with Gasteiger partial charge in [-0.2, -0.15) is 0 Å². The van der Waals surface area contributed by atoms with E-state index in [0.717, 1.165) is 25.7 Å². The largest absolute Gasteiger partial charge is 0.494 e. The molecule has 0 saturated heterocycles. The van der Waals surface area contributed by atoms with Gasteiger partial charge in [-0.05, 0) is 25.0 Å². The molecule has 110 valence electrons. The number of rotatable bonds is 4. The number of hydrogen-bond donors (Lipinski definition) is 2. The molecule has 6 heteroatoms. The van der Waals surface area contributed by atoms with E-state index in [1.54, 1.807) is 0 Å². The summed E-state index contributed by atoms with van der Waals surface area (Å²) in [7, 11) is 1.46. The van der Waals surface area contributed by atoms with Crippen LogP contribution < -0.4 is 10.1 Å². The van der Waals surface area contributed by atoms with E-state index in [1.807, 2.05) is 0 Å². The van der Waals surface area contributed by atoms with Crippen molar-refractivity contribution in [3.05, 3.63) is 27.7 Å². The number of hydrogen-bond acceptors (Lipinski definition) is 3. The maximum Gasteiger partial charge on any atom is 0.251 e. The molecule has 2 rings (SSSR count). The maximum atomic E-state index is 12.1. The molecule has 0 unspecified atom stereocenters. The Morgan fingerprint density at radius 3 is 2.40 bits per heavy atom. The molecule has 0 aromatic heterocycles. The number of amides is 1.